The second kappa shape index (κ2) is 7.51. The Bertz CT molecular complexity index is 1260. The molecule has 0 spiro atoms. The largest absolute Gasteiger partial charge is 0.436 e. The highest BCUT2D eigenvalue weighted by molar-refractivity contribution is 9.10. The Kier molecular flexibility index (Phi) is 5.15. The molecule has 0 fully saturated rings. The van der Waals surface area contributed by atoms with Gasteiger partial charge >= 0.3 is 6.18 Å². The predicted molar refractivity (Wildman–Crippen MR) is 114 cm³/mol. The predicted octanol–water partition coefficient (Wildman–Crippen LogP) is 6.04. The van der Waals surface area contributed by atoms with E-state index in [0.29, 0.717) is 5.69 Å². The first-order chi connectivity index (χ1) is 14.1. The smallest absolute Gasteiger partial charge is 0.321 e. The Balaban J connectivity index is 1.56. The fourth-order valence-electron chi connectivity index (χ4n) is 2.97. The molecule has 2 heterocycles. The lowest BCUT2D eigenvalue weighted by Gasteiger charge is -2.07. The number of carbonyl (C=O) groups excluding carboxylic acids is 1. The fourth-order valence-corrected chi connectivity index (χ4v) is 4.78. The lowest BCUT2D eigenvalue weighted by Crippen LogP contribution is -2.16. The van der Waals surface area contributed by atoms with Gasteiger partial charge in [-0.3, -0.25) is 9.48 Å². The van der Waals surface area contributed by atoms with Crippen molar-refractivity contribution in [2.75, 3.05) is 5.32 Å². The maximum atomic E-state index is 13.0. The summed E-state index contributed by atoms with van der Waals surface area (Å²) in [6.07, 6.45) is -4.66. The lowest BCUT2D eigenvalue weighted by atomic mass is 10.2. The number of fused-ring (bicyclic) bond motifs is 1. The van der Waals surface area contributed by atoms with Gasteiger partial charge in [0, 0.05) is 18.3 Å². The van der Waals surface area contributed by atoms with Gasteiger partial charge in [0.1, 0.15) is 10.7 Å². The summed E-state index contributed by atoms with van der Waals surface area (Å²) in [7, 11) is 1.28. The van der Waals surface area contributed by atoms with E-state index in [-0.39, 0.29) is 5.69 Å². The SMILES string of the molecule is Cc1ccc2nc(-c3ccc(NC(=O)c4c(Br)c(C(F)(F)F)nn4C)cc3)sc2c1. The normalized spacial score (nSPS) is 11.8. The second-order valence-electron chi connectivity index (χ2n) is 6.65. The number of halogens is 4. The molecular weight excluding hydrogens is 481 g/mol. The maximum Gasteiger partial charge on any atom is 0.436 e. The highest BCUT2D eigenvalue weighted by Crippen LogP contribution is 2.36. The standard InChI is InChI=1S/C20H14BrF3N4OS/c1-10-3-8-13-14(9-10)30-19(26-13)11-4-6-12(7-5-11)25-18(29)16-15(21)17(20(22,23)24)27-28(16)2/h3-9H,1-2H3,(H,25,29). The van der Waals surface area contributed by atoms with Gasteiger partial charge in [0.2, 0.25) is 0 Å². The Labute approximate surface area is 181 Å². The molecule has 4 rings (SSSR count). The molecular formula is C20H14BrF3N4OS. The van der Waals surface area contributed by atoms with Gasteiger partial charge < -0.3 is 5.32 Å². The first-order valence-corrected chi connectivity index (χ1v) is 10.3. The first kappa shape index (κ1) is 20.5. The number of aromatic nitrogens is 3. The van der Waals surface area contributed by atoms with Crippen LogP contribution in [0, 0.1) is 6.92 Å². The Morgan fingerprint density at radius 3 is 2.50 bits per heavy atom. The molecule has 2 aromatic carbocycles. The third-order valence-corrected chi connectivity index (χ3v) is 6.23. The Morgan fingerprint density at radius 2 is 1.87 bits per heavy atom. The number of rotatable bonds is 3. The van der Waals surface area contributed by atoms with Crippen LogP contribution in [0.15, 0.2) is 46.9 Å². The van der Waals surface area contributed by atoms with Crippen LogP contribution in [0.5, 0.6) is 0 Å². The van der Waals surface area contributed by atoms with Crippen molar-refractivity contribution in [1.82, 2.24) is 14.8 Å². The number of alkyl halides is 3. The van der Waals surface area contributed by atoms with Gasteiger partial charge in [-0.15, -0.1) is 11.3 Å². The third-order valence-electron chi connectivity index (χ3n) is 4.41. The maximum absolute atomic E-state index is 13.0. The molecule has 30 heavy (non-hydrogen) atoms. The highest BCUT2D eigenvalue weighted by Gasteiger charge is 2.39. The molecule has 0 saturated heterocycles. The van der Waals surface area contributed by atoms with Crippen LogP contribution in [0.2, 0.25) is 0 Å². The molecule has 4 aromatic rings. The van der Waals surface area contributed by atoms with Crippen LogP contribution >= 0.6 is 27.3 Å². The van der Waals surface area contributed by atoms with E-state index in [4.69, 9.17) is 0 Å². The molecule has 0 unspecified atom stereocenters. The molecule has 1 N–H and O–H groups in total. The van der Waals surface area contributed by atoms with E-state index in [2.05, 4.69) is 37.4 Å². The lowest BCUT2D eigenvalue weighted by molar-refractivity contribution is -0.142. The van der Waals surface area contributed by atoms with Crippen molar-refractivity contribution in [3.63, 3.8) is 0 Å². The summed E-state index contributed by atoms with van der Waals surface area (Å²) in [5, 5.41) is 6.85. The van der Waals surface area contributed by atoms with Crippen LogP contribution in [0.25, 0.3) is 20.8 Å². The number of hydrogen-bond acceptors (Lipinski definition) is 4. The van der Waals surface area contributed by atoms with Crippen molar-refractivity contribution in [3.8, 4) is 10.6 Å². The van der Waals surface area contributed by atoms with Crippen LogP contribution in [0.4, 0.5) is 18.9 Å². The number of thiazole rings is 1. The van der Waals surface area contributed by atoms with Crippen molar-refractivity contribution in [2.45, 2.75) is 13.1 Å². The molecule has 0 aliphatic rings. The average Bonchev–Trinajstić information content (AvgIpc) is 3.22. The molecule has 154 valence electrons. The van der Waals surface area contributed by atoms with Gasteiger partial charge in [0.05, 0.1) is 14.7 Å². The van der Waals surface area contributed by atoms with Gasteiger partial charge in [-0.05, 0) is 64.8 Å². The first-order valence-electron chi connectivity index (χ1n) is 8.72. The number of nitrogens with one attached hydrogen (secondary N) is 1. The van der Waals surface area contributed by atoms with E-state index >= 15 is 0 Å². The summed E-state index contributed by atoms with van der Waals surface area (Å²) < 4.78 is 40.6. The van der Waals surface area contributed by atoms with Crippen molar-refractivity contribution in [1.29, 1.82) is 0 Å². The highest BCUT2D eigenvalue weighted by atomic mass is 79.9. The van der Waals surface area contributed by atoms with E-state index in [1.807, 2.05) is 19.1 Å². The van der Waals surface area contributed by atoms with E-state index < -0.39 is 22.3 Å². The summed E-state index contributed by atoms with van der Waals surface area (Å²) in [6, 6.07) is 13.0. The number of carbonyl (C=O) groups is 1. The number of hydrogen-bond donors (Lipinski definition) is 1. The summed E-state index contributed by atoms with van der Waals surface area (Å²) in [5.74, 6) is -0.699. The quantitative estimate of drug-likeness (QED) is 0.377. The summed E-state index contributed by atoms with van der Waals surface area (Å²) >= 11 is 4.41. The minimum absolute atomic E-state index is 0.215. The third kappa shape index (κ3) is 3.84. The molecule has 0 aliphatic heterocycles. The Morgan fingerprint density at radius 1 is 1.17 bits per heavy atom. The van der Waals surface area contributed by atoms with E-state index in [9.17, 15) is 18.0 Å². The average molecular weight is 495 g/mol. The number of aryl methyl sites for hydroxylation is 2. The number of nitrogens with zero attached hydrogens (tertiary/aromatic N) is 3. The molecule has 1 amide bonds. The molecule has 10 heteroatoms. The van der Waals surface area contributed by atoms with Crippen LogP contribution in [0.1, 0.15) is 21.7 Å². The van der Waals surface area contributed by atoms with Crippen molar-refractivity contribution >= 4 is 49.1 Å². The molecule has 0 saturated carbocycles. The molecule has 5 nitrogen and oxygen atoms in total. The molecule has 2 aromatic heterocycles. The zero-order valence-electron chi connectivity index (χ0n) is 15.7. The van der Waals surface area contributed by atoms with Crippen molar-refractivity contribution in [2.24, 2.45) is 7.05 Å². The summed E-state index contributed by atoms with van der Waals surface area (Å²) in [5.41, 5.74) is 2.05. The van der Waals surface area contributed by atoms with Crippen LogP contribution < -0.4 is 5.32 Å². The number of anilines is 1. The van der Waals surface area contributed by atoms with Gasteiger partial charge in [-0.2, -0.15) is 18.3 Å². The molecule has 0 atom stereocenters. The zero-order valence-corrected chi connectivity index (χ0v) is 18.1. The monoisotopic (exact) mass is 494 g/mol. The van der Waals surface area contributed by atoms with Gasteiger partial charge in [-0.1, -0.05) is 6.07 Å². The molecule has 0 aliphatic carbocycles. The van der Waals surface area contributed by atoms with Gasteiger partial charge in [0.25, 0.3) is 5.91 Å². The van der Waals surface area contributed by atoms with Crippen molar-refractivity contribution < 1.29 is 18.0 Å². The van der Waals surface area contributed by atoms with Crippen LogP contribution in [-0.4, -0.2) is 20.7 Å². The topological polar surface area (TPSA) is 59.8 Å². The van der Waals surface area contributed by atoms with Crippen molar-refractivity contribution in [3.05, 3.63) is 63.9 Å². The second-order valence-corrected chi connectivity index (χ2v) is 8.48. The summed E-state index contributed by atoms with van der Waals surface area (Å²) in [4.78, 5) is 17.1. The van der Waals surface area contributed by atoms with E-state index in [0.717, 1.165) is 31.0 Å². The van der Waals surface area contributed by atoms with E-state index in [1.165, 1.54) is 7.05 Å². The van der Waals surface area contributed by atoms with E-state index in [1.54, 1.807) is 35.6 Å². The minimum Gasteiger partial charge on any atom is -0.321 e. The summed E-state index contributed by atoms with van der Waals surface area (Å²) in [6.45, 7) is 2.02. The zero-order chi connectivity index (χ0) is 21.6. The van der Waals surface area contributed by atoms with Gasteiger partial charge in [-0.25, -0.2) is 4.98 Å². The Hall–Kier alpha value is -2.72. The number of amides is 1. The minimum atomic E-state index is -4.66. The van der Waals surface area contributed by atoms with Gasteiger partial charge in [0.15, 0.2) is 5.69 Å². The fraction of sp³-hybridized carbons (Fsp3) is 0.150. The number of benzene rings is 2. The van der Waals surface area contributed by atoms with Crippen LogP contribution in [0.3, 0.4) is 0 Å². The molecule has 0 bridgehead atoms. The molecule has 0 radical (unpaired) electrons. The van der Waals surface area contributed by atoms with Crippen LogP contribution in [-0.2, 0) is 13.2 Å².